The van der Waals surface area contributed by atoms with Crippen molar-refractivity contribution in [2.75, 3.05) is 5.73 Å². The van der Waals surface area contributed by atoms with Gasteiger partial charge in [-0.2, -0.15) is 0 Å². The number of aromatic nitrogens is 1. The monoisotopic (exact) mass is 364 g/mol. The summed E-state index contributed by atoms with van der Waals surface area (Å²) in [5.41, 5.74) is 11.7. The Balaban J connectivity index is 1.47. The highest BCUT2D eigenvalue weighted by molar-refractivity contribution is 6.30. The van der Waals surface area contributed by atoms with Gasteiger partial charge in [-0.05, 0) is 73.6 Å². The number of nitrogen functional groups attached to an aromatic ring is 1. The third-order valence-corrected chi connectivity index (χ3v) is 4.79. The van der Waals surface area contributed by atoms with Gasteiger partial charge < -0.3 is 5.73 Å². The van der Waals surface area contributed by atoms with Crippen LogP contribution in [0.25, 0.3) is 11.3 Å². The molecular formula is C23H25ClN2. The van der Waals surface area contributed by atoms with Gasteiger partial charge >= 0.3 is 0 Å². The van der Waals surface area contributed by atoms with Crippen molar-refractivity contribution < 1.29 is 0 Å². The maximum Gasteiger partial charge on any atom is 0.124 e. The van der Waals surface area contributed by atoms with Gasteiger partial charge in [0.1, 0.15) is 5.82 Å². The average molecular weight is 365 g/mol. The lowest BCUT2D eigenvalue weighted by atomic mass is 10.0. The molecule has 2 N–H and O–H groups in total. The molecule has 1 aromatic heterocycles. The molecule has 3 rings (SSSR count). The van der Waals surface area contributed by atoms with Gasteiger partial charge in [-0.3, -0.25) is 0 Å². The fourth-order valence-electron chi connectivity index (χ4n) is 3.21. The number of nitrogens with two attached hydrogens (primary N) is 1. The number of anilines is 1. The number of hydrogen-bond acceptors (Lipinski definition) is 2. The van der Waals surface area contributed by atoms with Gasteiger partial charge in [0.15, 0.2) is 0 Å². The molecule has 3 aromatic rings. The number of unbranched alkanes of at least 4 members (excludes halogenated alkanes) is 2. The molecule has 1 heterocycles. The van der Waals surface area contributed by atoms with Crippen LogP contribution in [0.1, 0.15) is 36.0 Å². The molecule has 0 radical (unpaired) electrons. The van der Waals surface area contributed by atoms with Gasteiger partial charge in [-0.25, -0.2) is 4.98 Å². The van der Waals surface area contributed by atoms with E-state index in [4.69, 9.17) is 17.3 Å². The third-order valence-electron chi connectivity index (χ3n) is 4.56. The molecule has 0 saturated heterocycles. The maximum atomic E-state index is 6.03. The zero-order chi connectivity index (χ0) is 18.4. The Morgan fingerprint density at radius 1 is 0.846 bits per heavy atom. The van der Waals surface area contributed by atoms with E-state index in [0.717, 1.165) is 34.7 Å². The van der Waals surface area contributed by atoms with Crippen molar-refractivity contribution in [3.63, 3.8) is 0 Å². The van der Waals surface area contributed by atoms with E-state index in [-0.39, 0.29) is 0 Å². The Morgan fingerprint density at radius 2 is 1.58 bits per heavy atom. The summed E-state index contributed by atoms with van der Waals surface area (Å²) in [6.07, 6.45) is 5.84. The number of pyridine rings is 1. The second-order valence-corrected chi connectivity index (χ2v) is 7.28. The first-order valence-corrected chi connectivity index (χ1v) is 9.56. The van der Waals surface area contributed by atoms with Crippen LogP contribution in [0, 0.1) is 6.92 Å². The number of nitrogens with zero attached hydrogens (tertiary/aromatic N) is 1. The Morgan fingerprint density at radius 3 is 2.27 bits per heavy atom. The summed E-state index contributed by atoms with van der Waals surface area (Å²) in [5.74, 6) is 0.573. The normalized spacial score (nSPS) is 10.8. The summed E-state index contributed by atoms with van der Waals surface area (Å²) in [6, 6.07) is 20.8. The molecular weight excluding hydrogens is 340 g/mol. The Hall–Kier alpha value is -2.32. The lowest BCUT2D eigenvalue weighted by Gasteiger charge is -2.06. The minimum atomic E-state index is 0.573. The standard InChI is InChI=1S/C23H25ClN2/c1-17-14-22(26-23(25)15-17)20-12-10-18(11-13-20)6-3-2-4-7-19-8-5-9-21(24)16-19/h5,8-16H,2-4,6-7H2,1H3,(H2,25,26). The van der Waals surface area contributed by atoms with Crippen LogP contribution in [-0.4, -0.2) is 4.98 Å². The summed E-state index contributed by atoms with van der Waals surface area (Å²) >= 11 is 6.03. The summed E-state index contributed by atoms with van der Waals surface area (Å²) in [6.45, 7) is 2.04. The van der Waals surface area contributed by atoms with Gasteiger partial charge in [0.2, 0.25) is 0 Å². The second kappa shape index (κ2) is 8.86. The minimum absolute atomic E-state index is 0.573. The Bertz CT molecular complexity index is 836. The van der Waals surface area contributed by atoms with E-state index in [1.165, 1.54) is 30.4 Å². The summed E-state index contributed by atoms with van der Waals surface area (Å²) in [4.78, 5) is 4.42. The highest BCUT2D eigenvalue weighted by atomic mass is 35.5. The lowest BCUT2D eigenvalue weighted by molar-refractivity contribution is 0.678. The van der Waals surface area contributed by atoms with Crippen LogP contribution in [0.15, 0.2) is 60.7 Å². The Kier molecular flexibility index (Phi) is 6.30. The molecule has 0 saturated carbocycles. The first-order valence-electron chi connectivity index (χ1n) is 9.18. The van der Waals surface area contributed by atoms with Gasteiger partial charge in [0.05, 0.1) is 5.69 Å². The van der Waals surface area contributed by atoms with Gasteiger partial charge in [-0.15, -0.1) is 0 Å². The number of halogens is 1. The molecule has 0 fully saturated rings. The van der Waals surface area contributed by atoms with Crippen molar-refractivity contribution in [2.24, 2.45) is 0 Å². The number of benzene rings is 2. The highest BCUT2D eigenvalue weighted by Crippen LogP contribution is 2.21. The fraction of sp³-hybridized carbons (Fsp3) is 0.261. The molecule has 2 nitrogen and oxygen atoms in total. The third kappa shape index (κ3) is 5.34. The van der Waals surface area contributed by atoms with Crippen LogP contribution in [0.3, 0.4) is 0 Å². The van der Waals surface area contributed by atoms with Crippen LogP contribution in [0.2, 0.25) is 5.02 Å². The first kappa shape index (κ1) is 18.5. The van der Waals surface area contributed by atoms with Crippen molar-refractivity contribution in [2.45, 2.75) is 39.0 Å². The molecule has 0 atom stereocenters. The van der Waals surface area contributed by atoms with Crippen molar-refractivity contribution in [3.8, 4) is 11.3 Å². The van der Waals surface area contributed by atoms with Crippen LogP contribution < -0.4 is 5.73 Å². The van der Waals surface area contributed by atoms with Crippen molar-refractivity contribution in [1.82, 2.24) is 4.98 Å². The smallest absolute Gasteiger partial charge is 0.124 e. The van der Waals surface area contributed by atoms with Gasteiger partial charge in [0.25, 0.3) is 0 Å². The van der Waals surface area contributed by atoms with E-state index < -0.39 is 0 Å². The summed E-state index contributed by atoms with van der Waals surface area (Å²) in [7, 11) is 0. The van der Waals surface area contributed by atoms with Gasteiger partial charge in [-0.1, -0.05) is 54.4 Å². The summed E-state index contributed by atoms with van der Waals surface area (Å²) < 4.78 is 0. The van der Waals surface area contributed by atoms with Crippen LogP contribution in [0.4, 0.5) is 5.82 Å². The van der Waals surface area contributed by atoms with Crippen molar-refractivity contribution in [3.05, 3.63) is 82.4 Å². The predicted octanol–water partition coefficient (Wildman–Crippen LogP) is 6.25. The number of rotatable bonds is 7. The highest BCUT2D eigenvalue weighted by Gasteiger charge is 2.02. The minimum Gasteiger partial charge on any atom is -0.384 e. The fourth-order valence-corrected chi connectivity index (χ4v) is 3.42. The van der Waals surface area contributed by atoms with Crippen LogP contribution in [0.5, 0.6) is 0 Å². The molecule has 0 aliphatic rings. The van der Waals surface area contributed by atoms with Crippen molar-refractivity contribution in [1.29, 1.82) is 0 Å². The van der Waals surface area contributed by atoms with E-state index in [2.05, 4.69) is 47.4 Å². The topological polar surface area (TPSA) is 38.9 Å². The van der Waals surface area contributed by atoms with E-state index in [1.54, 1.807) is 0 Å². The molecule has 0 bridgehead atoms. The number of hydrogen-bond donors (Lipinski definition) is 1. The zero-order valence-electron chi connectivity index (χ0n) is 15.2. The summed E-state index contributed by atoms with van der Waals surface area (Å²) in [5, 5.41) is 0.826. The molecule has 0 unspecified atom stereocenters. The van der Waals surface area contributed by atoms with E-state index in [9.17, 15) is 0 Å². The SMILES string of the molecule is Cc1cc(N)nc(-c2ccc(CCCCCc3cccc(Cl)c3)cc2)c1. The largest absolute Gasteiger partial charge is 0.384 e. The van der Waals surface area contributed by atoms with E-state index >= 15 is 0 Å². The average Bonchev–Trinajstić information content (AvgIpc) is 2.61. The molecule has 0 aliphatic carbocycles. The molecule has 3 heteroatoms. The zero-order valence-corrected chi connectivity index (χ0v) is 16.0. The quantitative estimate of drug-likeness (QED) is 0.503. The predicted molar refractivity (Wildman–Crippen MR) is 112 cm³/mol. The molecule has 2 aromatic carbocycles. The molecule has 26 heavy (non-hydrogen) atoms. The Labute approximate surface area is 161 Å². The van der Waals surface area contributed by atoms with Gasteiger partial charge in [0, 0.05) is 10.6 Å². The van der Waals surface area contributed by atoms with Crippen LogP contribution in [-0.2, 0) is 12.8 Å². The molecule has 0 spiro atoms. The van der Waals surface area contributed by atoms with E-state index in [1.807, 2.05) is 25.1 Å². The lowest BCUT2D eigenvalue weighted by Crippen LogP contribution is -1.94. The van der Waals surface area contributed by atoms with Crippen molar-refractivity contribution >= 4 is 17.4 Å². The van der Waals surface area contributed by atoms with Crippen LogP contribution >= 0.6 is 11.6 Å². The number of aryl methyl sites for hydroxylation is 3. The second-order valence-electron chi connectivity index (χ2n) is 6.84. The first-order chi connectivity index (χ1) is 12.6. The molecule has 0 amide bonds. The maximum absolute atomic E-state index is 6.03. The molecule has 0 aliphatic heterocycles. The molecule has 134 valence electrons. The van der Waals surface area contributed by atoms with E-state index in [0.29, 0.717) is 5.82 Å².